The second-order valence-corrected chi connectivity index (χ2v) is 7.56. The molecule has 7 heteroatoms. The van der Waals surface area contributed by atoms with Crippen LogP contribution in [0.25, 0.3) is 16.6 Å². The first-order chi connectivity index (χ1) is 13.3. The van der Waals surface area contributed by atoms with E-state index in [-0.39, 0.29) is 17.4 Å². The molecule has 2 amide bonds. The van der Waals surface area contributed by atoms with Gasteiger partial charge in [-0.05, 0) is 37.6 Å². The van der Waals surface area contributed by atoms with Crippen molar-refractivity contribution in [3.8, 4) is 11.1 Å². The summed E-state index contributed by atoms with van der Waals surface area (Å²) in [6.45, 7) is 6.30. The maximum atomic E-state index is 12.8. The minimum absolute atomic E-state index is 0.0374. The predicted octanol–water partition coefficient (Wildman–Crippen LogP) is 3.17. The average Bonchev–Trinajstić information content (AvgIpc) is 3.22. The molecule has 0 radical (unpaired) electrons. The number of aromatic nitrogens is 2. The molecule has 0 aliphatic carbocycles. The minimum atomic E-state index is -0.306. The fourth-order valence-electron chi connectivity index (χ4n) is 3.42. The maximum absolute atomic E-state index is 12.8. The molecule has 7 nitrogen and oxygen atoms in total. The molecule has 3 heterocycles. The first kappa shape index (κ1) is 18.2. The largest absolute Gasteiger partial charge is 0.359 e. The van der Waals surface area contributed by atoms with E-state index < -0.39 is 0 Å². The Morgan fingerprint density at radius 2 is 1.93 bits per heavy atom. The number of hydrogen-bond acceptors (Lipinski definition) is 4. The normalized spacial score (nSPS) is 15.8. The fourth-order valence-corrected chi connectivity index (χ4v) is 3.42. The van der Waals surface area contributed by atoms with E-state index in [0.29, 0.717) is 24.7 Å². The lowest BCUT2D eigenvalue weighted by Gasteiger charge is -2.29. The van der Waals surface area contributed by atoms with Crippen molar-refractivity contribution in [3.63, 3.8) is 0 Å². The van der Waals surface area contributed by atoms with Crippen molar-refractivity contribution in [2.45, 2.75) is 26.3 Å². The highest BCUT2D eigenvalue weighted by atomic mass is 16.5. The highest BCUT2D eigenvalue weighted by molar-refractivity contribution is 5.96. The maximum Gasteiger partial charge on any atom is 0.256 e. The lowest BCUT2D eigenvalue weighted by Crippen LogP contribution is -2.44. The fraction of sp³-hybridized carbons (Fsp3) is 0.286. The zero-order valence-electron chi connectivity index (χ0n) is 16.1. The van der Waals surface area contributed by atoms with Gasteiger partial charge in [-0.25, -0.2) is 4.52 Å². The summed E-state index contributed by atoms with van der Waals surface area (Å²) in [6.07, 6.45) is 1.83. The molecule has 1 N–H and O–H groups in total. The summed E-state index contributed by atoms with van der Waals surface area (Å²) in [7, 11) is 0. The Morgan fingerprint density at radius 3 is 2.57 bits per heavy atom. The van der Waals surface area contributed by atoms with Crippen LogP contribution in [-0.2, 0) is 9.53 Å². The third-order valence-electron chi connectivity index (χ3n) is 4.90. The van der Waals surface area contributed by atoms with E-state index >= 15 is 0 Å². The number of nitrogens with zero attached hydrogens (tertiary/aromatic N) is 3. The topological polar surface area (TPSA) is 75.9 Å². The number of carbonyl (C=O) groups excluding carboxylic acids is 2. The van der Waals surface area contributed by atoms with Crippen molar-refractivity contribution < 1.29 is 14.3 Å². The van der Waals surface area contributed by atoms with Crippen LogP contribution in [0.5, 0.6) is 0 Å². The van der Waals surface area contributed by atoms with Gasteiger partial charge in [-0.15, -0.1) is 0 Å². The van der Waals surface area contributed by atoms with E-state index in [1.165, 1.54) is 6.92 Å². The number of rotatable bonds is 3. The lowest BCUT2D eigenvalue weighted by molar-refractivity contribution is -0.114. The zero-order valence-corrected chi connectivity index (χ0v) is 16.1. The summed E-state index contributed by atoms with van der Waals surface area (Å²) in [5, 5.41) is 7.07. The van der Waals surface area contributed by atoms with E-state index in [9.17, 15) is 9.59 Å². The van der Waals surface area contributed by atoms with Gasteiger partial charge in [0.15, 0.2) is 5.82 Å². The van der Waals surface area contributed by atoms with E-state index in [1.54, 1.807) is 9.42 Å². The highest BCUT2D eigenvalue weighted by Gasteiger charge is 2.36. The van der Waals surface area contributed by atoms with Crippen molar-refractivity contribution in [1.82, 2.24) is 14.5 Å². The number of nitrogens with one attached hydrogen (secondary N) is 1. The van der Waals surface area contributed by atoms with Gasteiger partial charge in [0.2, 0.25) is 5.91 Å². The quantitative estimate of drug-likeness (QED) is 0.760. The first-order valence-electron chi connectivity index (χ1n) is 9.11. The Hall–Kier alpha value is -3.19. The van der Waals surface area contributed by atoms with Crippen LogP contribution >= 0.6 is 0 Å². The zero-order chi connectivity index (χ0) is 19.9. The molecule has 0 spiro atoms. The minimum Gasteiger partial charge on any atom is -0.359 e. The van der Waals surface area contributed by atoms with Crippen LogP contribution < -0.4 is 5.32 Å². The van der Waals surface area contributed by atoms with Crippen molar-refractivity contribution in [2.24, 2.45) is 0 Å². The van der Waals surface area contributed by atoms with E-state index in [4.69, 9.17) is 4.74 Å². The van der Waals surface area contributed by atoms with E-state index in [0.717, 1.165) is 16.6 Å². The second-order valence-electron chi connectivity index (χ2n) is 7.56. The number of carbonyl (C=O) groups is 2. The second kappa shape index (κ2) is 6.76. The summed E-state index contributed by atoms with van der Waals surface area (Å²) >= 11 is 0. The van der Waals surface area contributed by atoms with Crippen molar-refractivity contribution in [3.05, 3.63) is 54.2 Å². The van der Waals surface area contributed by atoms with Gasteiger partial charge in [-0.3, -0.25) is 9.59 Å². The van der Waals surface area contributed by atoms with Gasteiger partial charge < -0.3 is 15.0 Å². The Balaban J connectivity index is 1.65. The number of fused-ring (bicyclic) bond motifs is 1. The molecule has 0 atom stereocenters. The average molecular weight is 378 g/mol. The van der Waals surface area contributed by atoms with Gasteiger partial charge in [0.1, 0.15) is 6.73 Å². The molecule has 1 fully saturated rings. The number of ether oxygens (including phenoxy) is 1. The van der Waals surface area contributed by atoms with Gasteiger partial charge in [-0.2, -0.15) is 5.10 Å². The van der Waals surface area contributed by atoms with E-state index in [1.807, 2.05) is 62.5 Å². The SMILES string of the molecule is CC(=O)Nc1cc2c(-c3ccc(C(=O)N4COCC4(C)C)cc3)cccn2n1. The third-order valence-corrected chi connectivity index (χ3v) is 4.90. The number of hydrogen-bond donors (Lipinski definition) is 1. The Morgan fingerprint density at radius 1 is 1.18 bits per heavy atom. The number of pyridine rings is 1. The molecule has 0 saturated carbocycles. The molecule has 1 aromatic carbocycles. The Kier molecular flexibility index (Phi) is 4.39. The molecule has 1 aliphatic rings. The predicted molar refractivity (Wildman–Crippen MR) is 106 cm³/mol. The monoisotopic (exact) mass is 378 g/mol. The van der Waals surface area contributed by atoms with Crippen LogP contribution in [0.1, 0.15) is 31.1 Å². The lowest BCUT2D eigenvalue weighted by atomic mass is 10.0. The molecule has 2 aromatic heterocycles. The molecule has 144 valence electrons. The number of benzene rings is 1. The summed E-state index contributed by atoms with van der Waals surface area (Å²) in [4.78, 5) is 25.9. The molecule has 1 saturated heterocycles. The summed E-state index contributed by atoms with van der Waals surface area (Å²) in [6, 6.07) is 13.2. The van der Waals surface area contributed by atoms with Crippen LogP contribution in [0.4, 0.5) is 5.82 Å². The van der Waals surface area contributed by atoms with Gasteiger partial charge in [0.25, 0.3) is 5.91 Å². The number of amides is 2. The molecule has 4 rings (SSSR count). The summed E-state index contributed by atoms with van der Waals surface area (Å²) in [5.41, 5.74) is 3.13. The van der Waals surface area contributed by atoms with Gasteiger partial charge in [0, 0.05) is 30.3 Å². The highest BCUT2D eigenvalue weighted by Crippen LogP contribution is 2.28. The van der Waals surface area contributed by atoms with Gasteiger partial charge in [-0.1, -0.05) is 18.2 Å². The van der Waals surface area contributed by atoms with Crippen molar-refractivity contribution in [1.29, 1.82) is 0 Å². The number of anilines is 1. The third kappa shape index (κ3) is 3.25. The van der Waals surface area contributed by atoms with Crippen LogP contribution in [0.15, 0.2) is 48.7 Å². The molecule has 28 heavy (non-hydrogen) atoms. The summed E-state index contributed by atoms with van der Waals surface area (Å²) in [5.74, 6) is 0.300. The van der Waals surface area contributed by atoms with Gasteiger partial charge in [0.05, 0.1) is 17.7 Å². The van der Waals surface area contributed by atoms with Crippen molar-refractivity contribution >= 4 is 23.1 Å². The van der Waals surface area contributed by atoms with Gasteiger partial charge >= 0.3 is 0 Å². The first-order valence-corrected chi connectivity index (χ1v) is 9.11. The van der Waals surface area contributed by atoms with Crippen LogP contribution in [0.3, 0.4) is 0 Å². The smallest absolute Gasteiger partial charge is 0.256 e. The van der Waals surface area contributed by atoms with Crippen LogP contribution in [0.2, 0.25) is 0 Å². The summed E-state index contributed by atoms with van der Waals surface area (Å²) < 4.78 is 7.18. The van der Waals surface area contributed by atoms with E-state index in [2.05, 4.69) is 10.4 Å². The molecular formula is C21H22N4O3. The molecule has 0 unspecified atom stereocenters. The van der Waals surface area contributed by atoms with Crippen LogP contribution in [0, 0.1) is 0 Å². The Bertz CT molecular complexity index is 1050. The van der Waals surface area contributed by atoms with Crippen LogP contribution in [-0.4, -0.2) is 45.2 Å². The molecular weight excluding hydrogens is 356 g/mol. The standard InChI is InChI=1S/C21H22N4O3/c1-14(26)22-19-11-18-17(5-4-10-25(18)23-19)15-6-8-16(9-7-15)20(27)24-13-28-12-21(24,2)3/h4-11H,12-13H2,1-3H3,(H,22,23,26). The Labute approximate surface area is 162 Å². The molecule has 3 aromatic rings. The molecule has 1 aliphatic heterocycles. The molecule has 0 bridgehead atoms. The van der Waals surface area contributed by atoms with Crippen molar-refractivity contribution in [2.75, 3.05) is 18.7 Å².